The Bertz CT molecular complexity index is 776. The van der Waals surface area contributed by atoms with Crippen molar-refractivity contribution in [2.75, 3.05) is 0 Å². The first-order chi connectivity index (χ1) is 7.70. The number of benzene rings is 2. The van der Waals surface area contributed by atoms with Crippen molar-refractivity contribution < 1.29 is 9.58 Å². The van der Waals surface area contributed by atoms with Crippen molar-refractivity contribution in [1.29, 1.82) is 0 Å². The van der Waals surface area contributed by atoms with Crippen LogP contribution in [0.5, 0.6) is 0 Å². The lowest BCUT2D eigenvalue weighted by Crippen LogP contribution is -2.50. The van der Waals surface area contributed by atoms with Gasteiger partial charge in [0.05, 0.1) is 0 Å². The largest absolute Gasteiger partial charge is 0.454 e. The second kappa shape index (κ2) is 3.47. The summed E-state index contributed by atoms with van der Waals surface area (Å²) < 4.78 is 0. The molecule has 6 nitrogen and oxygen atoms in total. The molecule has 0 aromatic heterocycles. The Morgan fingerprint density at radius 2 is 1.19 bits per heavy atom. The molecule has 0 saturated heterocycles. The van der Waals surface area contributed by atoms with E-state index in [1.807, 2.05) is 0 Å². The van der Waals surface area contributed by atoms with Crippen molar-refractivity contribution in [2.24, 2.45) is 0 Å². The van der Waals surface area contributed by atoms with Crippen LogP contribution in [0, 0.1) is 0 Å². The first-order valence-electron chi connectivity index (χ1n) is 4.33. The zero-order valence-electron chi connectivity index (χ0n) is 7.91. The molecule has 16 heavy (non-hydrogen) atoms. The lowest BCUT2D eigenvalue weighted by atomic mass is 10.1. The molecule has 2 aromatic rings. The fraction of sp³-hybridized carbons (Fsp3) is 0. The molecule has 0 unspecified atom stereocenters. The Hall–Kier alpha value is -2.68. The van der Waals surface area contributed by atoms with Crippen molar-refractivity contribution >= 4 is 10.8 Å². The number of rotatable bonds is 0. The van der Waals surface area contributed by atoms with Gasteiger partial charge in [0.1, 0.15) is 0 Å². The molecule has 0 amide bonds. The van der Waals surface area contributed by atoms with E-state index in [0.29, 0.717) is 0 Å². The van der Waals surface area contributed by atoms with Crippen molar-refractivity contribution in [3.05, 3.63) is 66.5 Å². The Balaban J connectivity index is 3.50. The van der Waals surface area contributed by atoms with Gasteiger partial charge in [0.2, 0.25) is 0 Å². The highest BCUT2D eigenvalue weighted by Gasteiger charge is 2.19. The number of nitrogens with zero attached hydrogens (tertiary/aromatic N) is 4. The Labute approximate surface area is 87.6 Å². The van der Waals surface area contributed by atoms with Gasteiger partial charge in [0.15, 0.2) is 0 Å². The Morgan fingerprint density at radius 3 is 1.50 bits per heavy atom. The van der Waals surface area contributed by atoms with Gasteiger partial charge < -0.3 is 11.1 Å². The minimum Gasteiger partial charge on any atom is -0.360 e. The topological polar surface area (TPSA) is 107 Å². The van der Waals surface area contributed by atoms with E-state index in [-0.39, 0.29) is 10.8 Å². The van der Waals surface area contributed by atoms with Crippen molar-refractivity contribution in [3.8, 4) is 0 Å². The van der Waals surface area contributed by atoms with Crippen LogP contribution in [0.1, 0.15) is 0 Å². The van der Waals surface area contributed by atoms with E-state index in [0.717, 1.165) is 0 Å². The zero-order chi connectivity index (χ0) is 11.7. The van der Waals surface area contributed by atoms with Crippen LogP contribution in [-0.4, -0.2) is 9.58 Å². The summed E-state index contributed by atoms with van der Waals surface area (Å²) in [5, 5.41) is -0.835. The van der Waals surface area contributed by atoms with Crippen LogP contribution in [-0.2, 0) is 0 Å². The van der Waals surface area contributed by atoms with Crippen LogP contribution in [0.15, 0.2) is 33.9 Å². The lowest BCUT2D eigenvalue weighted by molar-refractivity contribution is -0.111. The minimum atomic E-state index is -0.648. The molecule has 2 rings (SSSR count). The third kappa shape index (κ3) is 1.15. The normalized spacial score (nSPS) is 9.75. The van der Waals surface area contributed by atoms with E-state index in [2.05, 4.69) is 9.58 Å². The van der Waals surface area contributed by atoms with Crippen LogP contribution in [0.3, 0.4) is 0 Å². The molecule has 0 fully saturated rings. The van der Waals surface area contributed by atoms with E-state index in [4.69, 9.17) is 11.1 Å². The Morgan fingerprint density at radius 1 is 0.812 bits per heavy atom. The lowest BCUT2D eigenvalue weighted by Gasteiger charge is -1.87. The van der Waals surface area contributed by atoms with Crippen molar-refractivity contribution in [1.82, 2.24) is 0 Å². The summed E-state index contributed by atoms with van der Waals surface area (Å²) in [6.07, 6.45) is 0. The highest BCUT2D eigenvalue weighted by molar-refractivity contribution is 5.81. The summed E-state index contributed by atoms with van der Waals surface area (Å²) in [5.74, 6) is 0. The summed E-state index contributed by atoms with van der Waals surface area (Å²) in [4.78, 5) is 28.8. The molecule has 76 valence electrons. The molecule has 0 aliphatic carbocycles. The van der Waals surface area contributed by atoms with Gasteiger partial charge in [0.25, 0.3) is 10.9 Å². The van der Waals surface area contributed by atoms with E-state index in [1.54, 1.807) is 12.1 Å². The summed E-state index contributed by atoms with van der Waals surface area (Å²) in [6, 6.07) is 6.05. The molecule has 0 aliphatic rings. The van der Waals surface area contributed by atoms with Gasteiger partial charge in [-0.2, -0.15) is 9.58 Å². The van der Waals surface area contributed by atoms with E-state index in [9.17, 15) is 9.59 Å². The summed E-state index contributed by atoms with van der Waals surface area (Å²) in [6.45, 7) is 0. The molecule has 0 saturated carbocycles. The van der Waals surface area contributed by atoms with Gasteiger partial charge in [-0.15, -0.1) is 0 Å². The molecule has 0 atom stereocenters. The fourth-order valence-electron chi connectivity index (χ4n) is 1.53. The summed E-state index contributed by atoms with van der Waals surface area (Å²) in [5.41, 5.74) is 16.0. The molecular weight excluding hydrogens is 208 g/mol. The third-order valence-electron chi connectivity index (χ3n) is 2.27. The van der Waals surface area contributed by atoms with Gasteiger partial charge in [-0.25, -0.2) is 0 Å². The Kier molecular flexibility index (Phi) is 2.14. The fourth-order valence-corrected chi connectivity index (χ4v) is 1.53. The average Bonchev–Trinajstić information content (AvgIpc) is 2.33. The second-order valence-corrected chi connectivity index (χ2v) is 3.10. The van der Waals surface area contributed by atoms with E-state index in [1.165, 1.54) is 12.1 Å². The summed E-state index contributed by atoms with van der Waals surface area (Å²) in [7, 11) is 0. The van der Waals surface area contributed by atoms with Crippen LogP contribution in [0.25, 0.3) is 21.8 Å². The highest BCUT2D eigenvalue weighted by atomic mass is 16.1. The predicted molar refractivity (Wildman–Crippen MR) is 52.4 cm³/mol. The van der Waals surface area contributed by atoms with E-state index < -0.39 is 21.6 Å². The smallest absolute Gasteiger partial charge is 0.360 e. The highest BCUT2D eigenvalue weighted by Crippen LogP contribution is 2.00. The van der Waals surface area contributed by atoms with Gasteiger partial charge in [-0.05, 0) is 12.1 Å². The molecule has 0 aliphatic heterocycles. The second-order valence-electron chi connectivity index (χ2n) is 3.10. The molecule has 0 spiro atoms. The van der Waals surface area contributed by atoms with E-state index >= 15 is 0 Å². The standard InChI is InChI=1S/C10H4N4O2/c11-13-7-8(14-12)10(16)6-4-2-1-3-5(6)9(7)15/h1-4H. The summed E-state index contributed by atoms with van der Waals surface area (Å²) >= 11 is 0. The molecule has 6 heteroatoms. The first kappa shape index (κ1) is 9.86. The molecule has 0 radical (unpaired) electrons. The van der Waals surface area contributed by atoms with Crippen molar-refractivity contribution in [2.45, 2.75) is 0 Å². The predicted octanol–water partition coefficient (Wildman–Crippen LogP) is -1.30. The molecule has 0 bridgehead atoms. The number of hydrogen-bond donors (Lipinski definition) is 0. The monoisotopic (exact) mass is 212 g/mol. The molecule has 0 heterocycles. The van der Waals surface area contributed by atoms with Gasteiger partial charge >= 0.3 is 10.7 Å². The molecule has 0 N–H and O–H groups in total. The van der Waals surface area contributed by atoms with Gasteiger partial charge in [-0.3, -0.25) is 9.59 Å². The average molecular weight is 212 g/mol. The molecular formula is C10H4N4O2. The van der Waals surface area contributed by atoms with Crippen LogP contribution in [0.4, 0.5) is 0 Å². The maximum Gasteiger partial charge on any atom is 0.454 e. The maximum atomic E-state index is 11.7. The zero-order valence-corrected chi connectivity index (χ0v) is 7.91. The molecule has 2 aromatic carbocycles. The number of hydrogen-bond acceptors (Lipinski definition) is 2. The minimum absolute atomic E-state index is 0.132. The quantitative estimate of drug-likeness (QED) is 0.399. The van der Waals surface area contributed by atoms with Crippen LogP contribution < -0.4 is 21.6 Å². The number of fused-ring (bicyclic) bond motifs is 1. The maximum absolute atomic E-state index is 11.7. The van der Waals surface area contributed by atoms with Crippen LogP contribution >= 0.6 is 0 Å². The SMILES string of the molecule is [N-]=[N+]=c1c(=[N+]=[N-])c(=O)c2ccccc2c1=O. The van der Waals surface area contributed by atoms with Crippen molar-refractivity contribution in [3.63, 3.8) is 0 Å². The van der Waals surface area contributed by atoms with Gasteiger partial charge in [0, 0.05) is 10.8 Å². The van der Waals surface area contributed by atoms with Crippen LogP contribution in [0.2, 0.25) is 0 Å². The first-order valence-corrected chi connectivity index (χ1v) is 4.33. The third-order valence-corrected chi connectivity index (χ3v) is 2.27. The van der Waals surface area contributed by atoms with Gasteiger partial charge in [-0.1, -0.05) is 12.1 Å².